The number of benzene rings is 2. The van der Waals surface area contributed by atoms with Gasteiger partial charge in [0.25, 0.3) is 5.91 Å². The van der Waals surface area contributed by atoms with Crippen molar-refractivity contribution in [2.45, 2.75) is 25.3 Å². The molecule has 0 aromatic heterocycles. The van der Waals surface area contributed by atoms with Gasteiger partial charge in [0, 0.05) is 18.5 Å². The number of carbonyl (C=O) groups excluding carboxylic acids is 3. The van der Waals surface area contributed by atoms with Crippen molar-refractivity contribution in [3.8, 4) is 0 Å². The fourth-order valence-electron chi connectivity index (χ4n) is 4.03. The Morgan fingerprint density at radius 2 is 1.81 bits per heavy atom. The summed E-state index contributed by atoms with van der Waals surface area (Å²) in [7, 11) is 0. The third-order valence-electron chi connectivity index (χ3n) is 5.70. The van der Waals surface area contributed by atoms with E-state index in [-0.39, 0.29) is 17.9 Å². The molecule has 2 aliphatic rings. The van der Waals surface area contributed by atoms with E-state index in [1.165, 1.54) is 0 Å². The van der Waals surface area contributed by atoms with Crippen molar-refractivity contribution in [2.24, 2.45) is 5.92 Å². The number of fused-ring (bicyclic) bond motifs is 1. The number of anilines is 1. The van der Waals surface area contributed by atoms with Crippen molar-refractivity contribution >= 4 is 34.4 Å². The summed E-state index contributed by atoms with van der Waals surface area (Å²) in [5.74, 6) is -0.281. The van der Waals surface area contributed by atoms with Crippen LogP contribution in [0.2, 0.25) is 0 Å². The Morgan fingerprint density at radius 3 is 2.52 bits per heavy atom. The van der Waals surface area contributed by atoms with E-state index in [9.17, 15) is 14.4 Å². The summed E-state index contributed by atoms with van der Waals surface area (Å²) in [4.78, 5) is 38.0. The number of amides is 5. The minimum absolute atomic E-state index is 0.00514. The van der Waals surface area contributed by atoms with E-state index in [2.05, 4.69) is 16.0 Å². The highest BCUT2D eigenvalue weighted by molar-refractivity contribution is 6.07. The highest BCUT2D eigenvalue weighted by Crippen LogP contribution is 2.31. The molecule has 27 heavy (non-hydrogen) atoms. The number of imide groups is 1. The lowest BCUT2D eigenvalue weighted by Crippen LogP contribution is -2.54. The van der Waals surface area contributed by atoms with Crippen LogP contribution in [0.4, 0.5) is 15.3 Å². The van der Waals surface area contributed by atoms with E-state index in [1.54, 1.807) is 11.8 Å². The van der Waals surface area contributed by atoms with Gasteiger partial charge in [-0.3, -0.25) is 10.1 Å². The SMILES string of the molecule is CC1(C2CCN(C(=O)Nc3cccc4ccccc34)CC2)NC(=O)NC1=O. The minimum atomic E-state index is -0.894. The molecular formula is C20H22N4O3. The molecule has 0 bridgehead atoms. The van der Waals surface area contributed by atoms with Crippen LogP contribution in [0.5, 0.6) is 0 Å². The maximum absolute atomic E-state index is 12.7. The molecule has 0 radical (unpaired) electrons. The molecule has 7 heteroatoms. The van der Waals surface area contributed by atoms with Crippen molar-refractivity contribution in [1.82, 2.24) is 15.5 Å². The Kier molecular flexibility index (Phi) is 4.22. The summed E-state index contributed by atoms with van der Waals surface area (Å²) in [5, 5.41) is 10.1. The van der Waals surface area contributed by atoms with Gasteiger partial charge in [0.05, 0.1) is 5.69 Å². The fraction of sp³-hybridized carbons (Fsp3) is 0.350. The summed E-state index contributed by atoms with van der Waals surface area (Å²) >= 11 is 0. The Morgan fingerprint density at radius 1 is 1.11 bits per heavy atom. The molecule has 2 fully saturated rings. The number of nitrogens with zero attached hydrogens (tertiary/aromatic N) is 1. The number of hydrogen-bond donors (Lipinski definition) is 3. The second-order valence-electron chi connectivity index (χ2n) is 7.33. The predicted molar refractivity (Wildman–Crippen MR) is 102 cm³/mol. The molecule has 0 spiro atoms. The molecule has 2 heterocycles. The van der Waals surface area contributed by atoms with Crippen molar-refractivity contribution in [3.05, 3.63) is 42.5 Å². The number of carbonyl (C=O) groups is 3. The topological polar surface area (TPSA) is 90.5 Å². The molecule has 1 unspecified atom stereocenters. The number of rotatable bonds is 2. The average molecular weight is 366 g/mol. The third-order valence-corrected chi connectivity index (χ3v) is 5.70. The van der Waals surface area contributed by atoms with Gasteiger partial charge in [0.1, 0.15) is 5.54 Å². The van der Waals surface area contributed by atoms with Crippen LogP contribution < -0.4 is 16.0 Å². The average Bonchev–Trinajstić information content (AvgIpc) is 2.95. The molecule has 1 atom stereocenters. The summed E-state index contributed by atoms with van der Waals surface area (Å²) in [6, 6.07) is 13.2. The zero-order chi connectivity index (χ0) is 19.0. The summed E-state index contributed by atoms with van der Waals surface area (Å²) in [5.41, 5.74) is -0.107. The standard InChI is InChI=1S/C20H22N4O3/c1-20(17(25)22-18(26)23-20)14-9-11-24(12-10-14)19(27)21-16-8-4-6-13-5-2-3-7-15(13)16/h2-8,14H,9-12H2,1H3,(H,21,27)(H2,22,23,25,26). The van der Waals surface area contributed by atoms with Gasteiger partial charge in [0.2, 0.25) is 0 Å². The molecule has 2 saturated heterocycles. The molecule has 7 nitrogen and oxygen atoms in total. The van der Waals surface area contributed by atoms with E-state index in [1.807, 2.05) is 42.5 Å². The van der Waals surface area contributed by atoms with Crippen LogP contribution in [-0.4, -0.2) is 41.5 Å². The molecule has 2 aromatic carbocycles. The van der Waals surface area contributed by atoms with Crippen LogP contribution in [0.25, 0.3) is 10.8 Å². The maximum Gasteiger partial charge on any atom is 0.322 e. The molecule has 4 rings (SSSR count). The van der Waals surface area contributed by atoms with Crippen molar-refractivity contribution in [3.63, 3.8) is 0 Å². The first kappa shape index (κ1) is 17.3. The zero-order valence-electron chi connectivity index (χ0n) is 15.1. The quantitative estimate of drug-likeness (QED) is 0.714. The molecule has 2 aromatic rings. The van der Waals surface area contributed by atoms with Gasteiger partial charge in [0.15, 0.2) is 0 Å². The number of nitrogens with one attached hydrogen (secondary N) is 3. The minimum Gasteiger partial charge on any atom is -0.325 e. The number of likely N-dealkylation sites (tertiary alicyclic amines) is 1. The van der Waals surface area contributed by atoms with Gasteiger partial charge in [-0.1, -0.05) is 36.4 Å². The van der Waals surface area contributed by atoms with Gasteiger partial charge in [-0.25, -0.2) is 9.59 Å². The van der Waals surface area contributed by atoms with Crippen LogP contribution in [0.1, 0.15) is 19.8 Å². The number of urea groups is 2. The van der Waals surface area contributed by atoms with E-state index < -0.39 is 11.6 Å². The summed E-state index contributed by atoms with van der Waals surface area (Å²) in [6.07, 6.45) is 1.32. The van der Waals surface area contributed by atoms with E-state index in [0.717, 1.165) is 16.5 Å². The van der Waals surface area contributed by atoms with Crippen molar-refractivity contribution in [1.29, 1.82) is 0 Å². The first-order valence-corrected chi connectivity index (χ1v) is 9.14. The van der Waals surface area contributed by atoms with Crippen molar-refractivity contribution in [2.75, 3.05) is 18.4 Å². The Labute approximate surface area is 157 Å². The maximum atomic E-state index is 12.7. The largest absolute Gasteiger partial charge is 0.325 e. The number of hydrogen-bond acceptors (Lipinski definition) is 3. The lowest BCUT2D eigenvalue weighted by molar-refractivity contribution is -0.125. The monoisotopic (exact) mass is 366 g/mol. The lowest BCUT2D eigenvalue weighted by Gasteiger charge is -2.38. The Hall–Kier alpha value is -3.09. The molecule has 3 N–H and O–H groups in total. The van der Waals surface area contributed by atoms with E-state index in [4.69, 9.17) is 0 Å². The fourth-order valence-corrected chi connectivity index (χ4v) is 4.03. The second-order valence-corrected chi connectivity index (χ2v) is 7.33. The molecular weight excluding hydrogens is 344 g/mol. The molecule has 2 aliphatic heterocycles. The molecule has 0 aliphatic carbocycles. The first-order chi connectivity index (χ1) is 13.0. The van der Waals surface area contributed by atoms with Crippen LogP contribution in [0.15, 0.2) is 42.5 Å². The molecule has 140 valence electrons. The first-order valence-electron chi connectivity index (χ1n) is 9.14. The van der Waals surface area contributed by atoms with Gasteiger partial charge >= 0.3 is 12.1 Å². The van der Waals surface area contributed by atoms with E-state index >= 15 is 0 Å². The molecule has 5 amide bonds. The third kappa shape index (κ3) is 3.09. The van der Waals surface area contributed by atoms with Gasteiger partial charge in [-0.05, 0) is 37.1 Å². The highest BCUT2D eigenvalue weighted by atomic mass is 16.2. The van der Waals surface area contributed by atoms with Crippen LogP contribution in [0, 0.1) is 5.92 Å². The predicted octanol–water partition coefficient (Wildman–Crippen LogP) is 2.68. The lowest BCUT2D eigenvalue weighted by atomic mass is 9.79. The van der Waals surface area contributed by atoms with Crippen molar-refractivity contribution < 1.29 is 14.4 Å². The Bertz CT molecular complexity index is 915. The summed E-state index contributed by atoms with van der Waals surface area (Å²) < 4.78 is 0. The Balaban J connectivity index is 1.42. The smallest absolute Gasteiger partial charge is 0.322 e. The van der Waals surface area contributed by atoms with Crippen LogP contribution in [-0.2, 0) is 4.79 Å². The van der Waals surface area contributed by atoms with Gasteiger partial charge in [-0.15, -0.1) is 0 Å². The highest BCUT2D eigenvalue weighted by Gasteiger charge is 2.48. The van der Waals surface area contributed by atoms with Gasteiger partial charge < -0.3 is 15.5 Å². The van der Waals surface area contributed by atoms with Gasteiger partial charge in [-0.2, -0.15) is 0 Å². The normalized spacial score (nSPS) is 23.2. The van der Waals surface area contributed by atoms with E-state index in [0.29, 0.717) is 25.9 Å². The van der Waals surface area contributed by atoms with Crippen LogP contribution in [0.3, 0.4) is 0 Å². The number of piperidine rings is 1. The van der Waals surface area contributed by atoms with Crippen LogP contribution >= 0.6 is 0 Å². The second kappa shape index (κ2) is 6.57. The zero-order valence-corrected chi connectivity index (χ0v) is 15.1. The summed E-state index contributed by atoms with van der Waals surface area (Å²) in [6.45, 7) is 2.84. The molecule has 0 saturated carbocycles.